The lowest BCUT2D eigenvalue weighted by atomic mass is 10.4. The molecule has 0 fully saturated rings. The number of aryl methyl sites for hydroxylation is 1. The van der Waals surface area contributed by atoms with Crippen molar-refractivity contribution in [3.8, 4) is 0 Å². The summed E-state index contributed by atoms with van der Waals surface area (Å²) in [6, 6.07) is 8.41. The third-order valence-corrected chi connectivity index (χ3v) is 2.37. The van der Waals surface area contributed by atoms with Crippen molar-refractivity contribution in [1.29, 1.82) is 0 Å². The maximum Gasteiger partial charge on any atom is 0.121 e. The number of pyridine rings is 1. The number of nitrogens with zero attached hydrogens (tertiary/aromatic N) is 2. The molecule has 0 saturated heterocycles. The van der Waals surface area contributed by atoms with Gasteiger partial charge in [-0.25, -0.2) is 0 Å². The van der Waals surface area contributed by atoms with Gasteiger partial charge in [0.25, 0.3) is 0 Å². The van der Waals surface area contributed by atoms with Crippen LogP contribution in [0.5, 0.6) is 0 Å². The van der Waals surface area contributed by atoms with Crippen LogP contribution in [0.15, 0.2) is 42.9 Å². The van der Waals surface area contributed by atoms with Gasteiger partial charge in [0.15, 0.2) is 0 Å². The van der Waals surface area contributed by atoms with Gasteiger partial charge in [-0.3, -0.25) is 0 Å². The third-order valence-electron chi connectivity index (χ3n) is 2.37. The second kappa shape index (κ2) is 2.16. The number of fused-ring (bicyclic) bond motifs is 3. The third kappa shape index (κ3) is 0.827. The van der Waals surface area contributed by atoms with E-state index in [0.29, 0.717) is 0 Å². The van der Waals surface area contributed by atoms with Crippen LogP contribution in [-0.2, 0) is 0 Å². The molecule has 0 unspecified atom stereocenters. The average molecular weight is 170 g/mol. The Labute approximate surface area is 76.0 Å². The van der Waals surface area contributed by atoms with Crippen molar-refractivity contribution in [2.45, 2.75) is 6.92 Å². The van der Waals surface area contributed by atoms with Crippen molar-refractivity contribution in [2.75, 3.05) is 0 Å². The molecule has 2 nitrogen and oxygen atoms in total. The highest BCUT2D eigenvalue weighted by Crippen LogP contribution is 2.14. The van der Waals surface area contributed by atoms with Gasteiger partial charge in [0.05, 0.1) is 5.52 Å². The molecule has 0 aliphatic carbocycles. The van der Waals surface area contributed by atoms with Crippen LogP contribution >= 0.6 is 0 Å². The van der Waals surface area contributed by atoms with E-state index in [-0.39, 0.29) is 0 Å². The molecule has 0 aromatic carbocycles. The van der Waals surface area contributed by atoms with Crippen molar-refractivity contribution in [1.82, 2.24) is 8.80 Å². The zero-order valence-electron chi connectivity index (χ0n) is 7.44. The Balaban J connectivity index is 2.60. The fourth-order valence-electron chi connectivity index (χ4n) is 1.81. The predicted molar refractivity (Wildman–Crippen MR) is 53.1 cm³/mol. The summed E-state index contributed by atoms with van der Waals surface area (Å²) in [7, 11) is 0. The first-order valence-corrected chi connectivity index (χ1v) is 4.39. The maximum atomic E-state index is 2.19. The number of imidazole rings is 1. The predicted octanol–water partition coefficient (Wildman–Crippen LogP) is 2.50. The highest BCUT2D eigenvalue weighted by Gasteiger charge is 2.01. The van der Waals surface area contributed by atoms with Gasteiger partial charge in [0.2, 0.25) is 0 Å². The maximum absolute atomic E-state index is 2.19. The Bertz CT molecular complexity index is 572. The van der Waals surface area contributed by atoms with Crippen molar-refractivity contribution in [3.63, 3.8) is 0 Å². The summed E-state index contributed by atoms with van der Waals surface area (Å²) >= 11 is 0. The molecule has 0 aliphatic heterocycles. The van der Waals surface area contributed by atoms with Crippen LogP contribution in [0.1, 0.15) is 5.56 Å². The van der Waals surface area contributed by atoms with Gasteiger partial charge in [-0.1, -0.05) is 6.07 Å². The minimum atomic E-state index is 1.23. The van der Waals surface area contributed by atoms with Crippen molar-refractivity contribution < 1.29 is 0 Å². The molecular formula is C11H10N2. The lowest BCUT2D eigenvalue weighted by Gasteiger charge is -1.90. The van der Waals surface area contributed by atoms with E-state index in [1.54, 1.807) is 0 Å². The van der Waals surface area contributed by atoms with Crippen LogP contribution in [0.3, 0.4) is 0 Å². The molecule has 64 valence electrons. The molecule has 2 heteroatoms. The lowest BCUT2D eigenvalue weighted by molar-refractivity contribution is 1.18. The fraction of sp³-hybridized carbons (Fsp3) is 0.0909. The van der Waals surface area contributed by atoms with Gasteiger partial charge in [-0.15, -0.1) is 0 Å². The summed E-state index contributed by atoms with van der Waals surface area (Å²) in [5, 5.41) is 0. The van der Waals surface area contributed by atoms with Gasteiger partial charge in [-0.2, -0.15) is 0 Å². The second-order valence-corrected chi connectivity index (χ2v) is 3.41. The van der Waals surface area contributed by atoms with Crippen molar-refractivity contribution >= 4 is 11.2 Å². The first kappa shape index (κ1) is 6.78. The van der Waals surface area contributed by atoms with Crippen LogP contribution < -0.4 is 0 Å². The molecular weight excluding hydrogens is 160 g/mol. The Hall–Kier alpha value is -1.70. The number of rotatable bonds is 0. The Morgan fingerprint density at radius 1 is 1.15 bits per heavy atom. The van der Waals surface area contributed by atoms with E-state index in [0.717, 1.165) is 0 Å². The molecule has 0 amide bonds. The van der Waals surface area contributed by atoms with E-state index < -0.39 is 0 Å². The van der Waals surface area contributed by atoms with Gasteiger partial charge in [-0.05, 0) is 30.7 Å². The monoisotopic (exact) mass is 170 g/mol. The SMILES string of the molecule is Cc1cc2n(c1)cc1ccccn12. The van der Waals surface area contributed by atoms with E-state index in [1.807, 2.05) is 0 Å². The normalized spacial score (nSPS) is 11.5. The largest absolute Gasteiger partial charge is 0.307 e. The molecule has 3 rings (SSSR count). The standard InChI is InChI=1S/C11H10N2/c1-9-6-11-12(7-9)8-10-4-2-3-5-13(10)11/h2-8H,1H3. The zero-order valence-corrected chi connectivity index (χ0v) is 7.44. The molecule has 0 atom stereocenters. The molecule has 3 heterocycles. The molecule has 3 aromatic heterocycles. The minimum absolute atomic E-state index is 1.23. The molecule has 0 N–H and O–H groups in total. The molecule has 0 spiro atoms. The highest BCUT2D eigenvalue weighted by molar-refractivity contribution is 5.59. The first-order chi connectivity index (χ1) is 6.34. The highest BCUT2D eigenvalue weighted by atomic mass is 15.1. The molecule has 0 bridgehead atoms. The van der Waals surface area contributed by atoms with Crippen LogP contribution in [0.2, 0.25) is 0 Å². The van der Waals surface area contributed by atoms with Crippen molar-refractivity contribution in [2.24, 2.45) is 0 Å². The van der Waals surface area contributed by atoms with E-state index in [1.165, 1.54) is 16.7 Å². The van der Waals surface area contributed by atoms with Crippen LogP contribution in [0.25, 0.3) is 11.2 Å². The molecule has 13 heavy (non-hydrogen) atoms. The number of hydrogen-bond acceptors (Lipinski definition) is 0. The number of hydrogen-bond donors (Lipinski definition) is 0. The van der Waals surface area contributed by atoms with Gasteiger partial charge < -0.3 is 8.80 Å². The summed E-state index contributed by atoms with van der Waals surface area (Å²) < 4.78 is 4.34. The fourth-order valence-corrected chi connectivity index (χ4v) is 1.81. The smallest absolute Gasteiger partial charge is 0.121 e. The zero-order chi connectivity index (χ0) is 8.84. The first-order valence-electron chi connectivity index (χ1n) is 4.39. The van der Waals surface area contributed by atoms with E-state index in [4.69, 9.17) is 0 Å². The summed E-state index contributed by atoms with van der Waals surface area (Å²) in [6.45, 7) is 2.11. The Morgan fingerprint density at radius 2 is 2.08 bits per heavy atom. The van der Waals surface area contributed by atoms with Gasteiger partial charge in [0, 0.05) is 18.6 Å². The van der Waals surface area contributed by atoms with Crippen molar-refractivity contribution in [3.05, 3.63) is 48.4 Å². The van der Waals surface area contributed by atoms with Crippen LogP contribution in [0.4, 0.5) is 0 Å². The summed E-state index contributed by atoms with van der Waals surface area (Å²) in [5.41, 5.74) is 3.76. The molecule has 0 radical (unpaired) electrons. The van der Waals surface area contributed by atoms with Gasteiger partial charge >= 0.3 is 0 Å². The van der Waals surface area contributed by atoms with E-state index >= 15 is 0 Å². The second-order valence-electron chi connectivity index (χ2n) is 3.41. The topological polar surface area (TPSA) is 8.82 Å². The summed E-state index contributed by atoms with van der Waals surface area (Å²) in [4.78, 5) is 0. The molecule has 3 aromatic rings. The minimum Gasteiger partial charge on any atom is -0.307 e. The van der Waals surface area contributed by atoms with E-state index in [9.17, 15) is 0 Å². The summed E-state index contributed by atoms with van der Waals surface area (Å²) in [5.74, 6) is 0. The lowest BCUT2D eigenvalue weighted by Crippen LogP contribution is -1.80. The quantitative estimate of drug-likeness (QED) is 0.490. The molecule has 0 saturated carbocycles. The van der Waals surface area contributed by atoms with Crippen LogP contribution in [0, 0.1) is 6.92 Å². The Morgan fingerprint density at radius 3 is 3.00 bits per heavy atom. The van der Waals surface area contributed by atoms with E-state index in [2.05, 4.69) is 58.6 Å². The molecule has 0 aliphatic rings. The Kier molecular flexibility index (Phi) is 1.13. The number of aromatic nitrogens is 2. The average Bonchev–Trinajstić information content (AvgIpc) is 2.60. The van der Waals surface area contributed by atoms with Crippen LogP contribution in [-0.4, -0.2) is 8.80 Å². The van der Waals surface area contributed by atoms with Gasteiger partial charge in [0.1, 0.15) is 5.65 Å². The summed E-state index contributed by atoms with van der Waals surface area (Å²) in [6.07, 6.45) is 6.37.